The van der Waals surface area contributed by atoms with E-state index in [2.05, 4.69) is 20.9 Å². The molecule has 3 N–H and O–H groups in total. The van der Waals surface area contributed by atoms with Gasteiger partial charge in [0.1, 0.15) is 5.37 Å². The Morgan fingerprint density at radius 1 is 1.29 bits per heavy atom. The van der Waals surface area contributed by atoms with E-state index in [-0.39, 0.29) is 11.3 Å². The van der Waals surface area contributed by atoms with E-state index in [0.29, 0.717) is 11.3 Å². The summed E-state index contributed by atoms with van der Waals surface area (Å²) >= 11 is 1.82. The van der Waals surface area contributed by atoms with E-state index in [1.807, 2.05) is 36.3 Å². The normalized spacial score (nSPS) is 15.9. The number of carbonyl (C=O) groups is 1. The standard InChI is InChI=1S/C18H16N4OS/c19-14-5-1-3-12(9-14)17(23)21-15-6-8-22-16(15)11-24-18(22)13-4-2-7-20-10-13/h1-10,18H,11,19H2,(H,21,23). The molecule has 1 unspecified atom stereocenters. The maximum absolute atomic E-state index is 12.4. The molecular formula is C18H16N4OS. The molecular weight excluding hydrogens is 320 g/mol. The molecule has 0 radical (unpaired) electrons. The molecule has 6 heteroatoms. The number of aromatic nitrogens is 2. The number of hydrogen-bond donors (Lipinski definition) is 2. The first-order valence-electron chi connectivity index (χ1n) is 7.60. The minimum absolute atomic E-state index is 0.147. The average molecular weight is 336 g/mol. The molecule has 0 aliphatic carbocycles. The number of nitrogens with zero attached hydrogens (tertiary/aromatic N) is 2. The number of benzene rings is 1. The van der Waals surface area contributed by atoms with Crippen molar-refractivity contribution in [2.75, 3.05) is 11.1 Å². The first kappa shape index (κ1) is 14.8. The van der Waals surface area contributed by atoms with Crippen LogP contribution in [0, 0.1) is 0 Å². The smallest absolute Gasteiger partial charge is 0.255 e. The molecule has 120 valence electrons. The molecule has 5 nitrogen and oxygen atoms in total. The van der Waals surface area contributed by atoms with Crippen LogP contribution in [0.4, 0.5) is 11.4 Å². The number of pyridine rings is 1. The minimum atomic E-state index is -0.147. The Morgan fingerprint density at radius 2 is 2.21 bits per heavy atom. The monoisotopic (exact) mass is 336 g/mol. The second kappa shape index (κ2) is 6.05. The number of nitrogen functional groups attached to an aromatic ring is 1. The van der Waals surface area contributed by atoms with Crippen molar-refractivity contribution in [3.63, 3.8) is 0 Å². The Bertz CT molecular complexity index is 891. The molecule has 1 aliphatic rings. The molecule has 24 heavy (non-hydrogen) atoms. The first-order chi connectivity index (χ1) is 11.7. The molecule has 3 heterocycles. The highest BCUT2D eigenvalue weighted by molar-refractivity contribution is 7.99. The van der Waals surface area contributed by atoms with Gasteiger partial charge in [-0.05, 0) is 30.3 Å². The molecule has 4 rings (SSSR count). The maximum atomic E-state index is 12.4. The predicted octanol–water partition coefficient (Wildman–Crippen LogP) is 3.51. The Labute approximate surface area is 143 Å². The van der Waals surface area contributed by atoms with E-state index >= 15 is 0 Å². The zero-order valence-corrected chi connectivity index (χ0v) is 13.7. The van der Waals surface area contributed by atoms with Crippen LogP contribution < -0.4 is 11.1 Å². The summed E-state index contributed by atoms with van der Waals surface area (Å²) in [5, 5.41) is 3.19. The van der Waals surface area contributed by atoms with Crippen LogP contribution in [-0.4, -0.2) is 15.5 Å². The molecule has 1 atom stereocenters. The fraction of sp³-hybridized carbons (Fsp3) is 0.111. The summed E-state index contributed by atoms with van der Waals surface area (Å²) in [7, 11) is 0. The Kier molecular flexibility index (Phi) is 3.74. The third kappa shape index (κ3) is 2.65. The van der Waals surface area contributed by atoms with Crippen LogP contribution in [0.5, 0.6) is 0 Å². The number of rotatable bonds is 3. The van der Waals surface area contributed by atoms with Crippen LogP contribution in [0.3, 0.4) is 0 Å². The Morgan fingerprint density at radius 3 is 3.00 bits per heavy atom. The second-order valence-electron chi connectivity index (χ2n) is 5.61. The van der Waals surface area contributed by atoms with Crippen LogP contribution in [0.1, 0.15) is 27.0 Å². The van der Waals surface area contributed by atoms with Crippen molar-refractivity contribution in [3.8, 4) is 0 Å². The third-order valence-corrected chi connectivity index (χ3v) is 5.28. The molecule has 0 spiro atoms. The van der Waals surface area contributed by atoms with Gasteiger partial charge < -0.3 is 15.6 Å². The number of nitrogens with two attached hydrogens (primary N) is 1. The number of anilines is 2. The average Bonchev–Trinajstić information content (AvgIpc) is 3.19. The third-order valence-electron chi connectivity index (χ3n) is 4.02. The van der Waals surface area contributed by atoms with Crippen LogP contribution in [0.25, 0.3) is 0 Å². The molecule has 0 fully saturated rings. The van der Waals surface area contributed by atoms with Gasteiger partial charge in [-0.2, -0.15) is 0 Å². The molecule has 0 saturated carbocycles. The summed E-state index contributed by atoms with van der Waals surface area (Å²) in [5.41, 5.74) is 10.0. The molecule has 1 aliphatic heterocycles. The van der Waals surface area contributed by atoms with Gasteiger partial charge >= 0.3 is 0 Å². The number of fused-ring (bicyclic) bond motifs is 1. The fourth-order valence-electron chi connectivity index (χ4n) is 2.86. The fourth-order valence-corrected chi connectivity index (χ4v) is 4.17. The lowest BCUT2D eigenvalue weighted by molar-refractivity contribution is 0.102. The lowest BCUT2D eigenvalue weighted by Crippen LogP contribution is -2.13. The van der Waals surface area contributed by atoms with Gasteiger partial charge in [0.2, 0.25) is 0 Å². The number of carbonyl (C=O) groups excluding carboxylic acids is 1. The summed E-state index contributed by atoms with van der Waals surface area (Å²) in [6, 6.07) is 13.0. The van der Waals surface area contributed by atoms with E-state index in [4.69, 9.17) is 5.73 Å². The minimum Gasteiger partial charge on any atom is -0.399 e. The zero-order valence-electron chi connectivity index (χ0n) is 12.8. The Balaban J connectivity index is 1.58. The van der Waals surface area contributed by atoms with Gasteiger partial charge in [-0.1, -0.05) is 12.1 Å². The van der Waals surface area contributed by atoms with E-state index in [9.17, 15) is 4.79 Å². The van der Waals surface area contributed by atoms with Crippen LogP contribution in [0.2, 0.25) is 0 Å². The van der Waals surface area contributed by atoms with Gasteiger partial charge in [-0.25, -0.2) is 0 Å². The van der Waals surface area contributed by atoms with Gasteiger partial charge in [-0.3, -0.25) is 9.78 Å². The highest BCUT2D eigenvalue weighted by atomic mass is 32.2. The van der Waals surface area contributed by atoms with Crippen LogP contribution >= 0.6 is 11.8 Å². The summed E-state index contributed by atoms with van der Waals surface area (Å²) in [5.74, 6) is 0.699. The summed E-state index contributed by atoms with van der Waals surface area (Å²) in [6.07, 6.45) is 5.68. The number of nitrogens with one attached hydrogen (secondary N) is 1. The van der Waals surface area contributed by atoms with E-state index in [1.165, 1.54) is 0 Å². The lowest BCUT2D eigenvalue weighted by Gasteiger charge is -2.12. The number of thioether (sulfide) groups is 1. The van der Waals surface area contributed by atoms with Crippen molar-refractivity contribution < 1.29 is 4.79 Å². The van der Waals surface area contributed by atoms with Crippen LogP contribution in [-0.2, 0) is 5.75 Å². The van der Waals surface area contributed by atoms with Crippen molar-refractivity contribution in [2.45, 2.75) is 11.1 Å². The van der Waals surface area contributed by atoms with E-state index in [1.54, 1.807) is 30.5 Å². The zero-order chi connectivity index (χ0) is 16.5. The molecule has 0 saturated heterocycles. The number of amides is 1. The molecule has 1 aromatic carbocycles. The quantitative estimate of drug-likeness (QED) is 0.718. The van der Waals surface area contributed by atoms with E-state index < -0.39 is 0 Å². The van der Waals surface area contributed by atoms with Crippen LogP contribution in [0.15, 0.2) is 61.1 Å². The maximum Gasteiger partial charge on any atom is 0.255 e. The summed E-state index contributed by atoms with van der Waals surface area (Å²) in [4.78, 5) is 16.6. The van der Waals surface area contributed by atoms with Gasteiger partial charge in [0, 0.05) is 41.2 Å². The van der Waals surface area contributed by atoms with Crippen molar-refractivity contribution in [1.29, 1.82) is 0 Å². The van der Waals surface area contributed by atoms with Crippen molar-refractivity contribution in [1.82, 2.24) is 9.55 Å². The lowest BCUT2D eigenvalue weighted by atomic mass is 10.2. The van der Waals surface area contributed by atoms with Gasteiger partial charge in [-0.15, -0.1) is 11.8 Å². The van der Waals surface area contributed by atoms with Gasteiger partial charge in [0.05, 0.1) is 11.4 Å². The van der Waals surface area contributed by atoms with E-state index in [0.717, 1.165) is 22.7 Å². The molecule has 0 bridgehead atoms. The molecule has 1 amide bonds. The largest absolute Gasteiger partial charge is 0.399 e. The number of hydrogen-bond acceptors (Lipinski definition) is 4. The molecule has 2 aromatic heterocycles. The first-order valence-corrected chi connectivity index (χ1v) is 8.65. The molecule has 3 aromatic rings. The van der Waals surface area contributed by atoms with Gasteiger partial charge in [0.15, 0.2) is 0 Å². The highest BCUT2D eigenvalue weighted by Gasteiger charge is 2.26. The van der Waals surface area contributed by atoms with Crippen molar-refractivity contribution in [3.05, 3.63) is 77.9 Å². The second-order valence-corrected chi connectivity index (χ2v) is 6.68. The van der Waals surface area contributed by atoms with Gasteiger partial charge in [0.25, 0.3) is 5.91 Å². The summed E-state index contributed by atoms with van der Waals surface area (Å²) < 4.78 is 2.19. The highest BCUT2D eigenvalue weighted by Crippen LogP contribution is 2.43. The Hall–Kier alpha value is -2.73. The SMILES string of the molecule is Nc1cccc(C(=O)Nc2ccn3c2CSC3c2cccnc2)c1. The van der Waals surface area contributed by atoms with Crippen molar-refractivity contribution >= 4 is 29.0 Å². The predicted molar refractivity (Wildman–Crippen MR) is 96.9 cm³/mol. The van der Waals surface area contributed by atoms with Crippen molar-refractivity contribution in [2.24, 2.45) is 0 Å². The topological polar surface area (TPSA) is 72.9 Å². The summed E-state index contributed by atoms with van der Waals surface area (Å²) in [6.45, 7) is 0.